The average Bonchev–Trinajstić information content (AvgIpc) is 2.18. The second kappa shape index (κ2) is 4.95. The van der Waals surface area contributed by atoms with E-state index in [-0.39, 0.29) is 0 Å². The van der Waals surface area contributed by atoms with E-state index in [1.165, 1.54) is 0 Å². The molecule has 0 radical (unpaired) electrons. The number of carboxylic acid groups (broad SMARTS) is 1. The number of ether oxygens (including phenoxy) is 1. The lowest BCUT2D eigenvalue weighted by Gasteiger charge is -2.03. The second-order valence-corrected chi connectivity index (χ2v) is 2.86. The highest BCUT2D eigenvalue weighted by Gasteiger charge is 2.03. The summed E-state index contributed by atoms with van der Waals surface area (Å²) < 4.78 is 4.91. The van der Waals surface area contributed by atoms with E-state index in [4.69, 9.17) is 9.84 Å². The van der Waals surface area contributed by atoms with E-state index in [1.807, 2.05) is 6.07 Å². The van der Waals surface area contributed by atoms with E-state index in [0.717, 1.165) is 17.7 Å². The number of benzene rings is 1. The highest BCUT2D eigenvalue weighted by Crippen LogP contribution is 2.16. The molecule has 0 saturated heterocycles. The molecule has 15 heavy (non-hydrogen) atoms. The molecule has 0 amide bonds. The number of aliphatic carboxylic acids is 1. The fourth-order valence-corrected chi connectivity index (χ4v) is 0.953. The molecule has 1 rings (SSSR count). The molecule has 0 unspecified atom stereocenters. The molecule has 0 saturated carbocycles. The van der Waals surface area contributed by atoms with Crippen LogP contribution in [-0.2, 0) is 9.59 Å². The van der Waals surface area contributed by atoms with Crippen LogP contribution in [-0.4, -0.2) is 17.0 Å². The molecule has 78 valence electrons. The van der Waals surface area contributed by atoms with E-state index in [0.29, 0.717) is 5.75 Å². The molecule has 0 fully saturated rings. The van der Waals surface area contributed by atoms with Gasteiger partial charge in [0, 0.05) is 12.2 Å². The number of para-hydroxylation sites is 1. The Labute approximate surface area is 86.8 Å². The normalized spacial score (nSPS) is 10.2. The van der Waals surface area contributed by atoms with Crippen molar-refractivity contribution in [3.63, 3.8) is 0 Å². The number of rotatable bonds is 3. The zero-order chi connectivity index (χ0) is 11.3. The van der Waals surface area contributed by atoms with Crippen molar-refractivity contribution >= 4 is 11.9 Å². The monoisotopic (exact) mass is 206 g/mol. The summed E-state index contributed by atoms with van der Waals surface area (Å²) in [7, 11) is 0. The van der Waals surface area contributed by atoms with Crippen LogP contribution < -0.4 is 4.74 Å². The molecule has 0 atom stereocenters. The maximum Gasteiger partial charge on any atom is 0.336 e. The van der Waals surface area contributed by atoms with Crippen LogP contribution in [0.1, 0.15) is 5.56 Å². The van der Waals surface area contributed by atoms with Gasteiger partial charge in [0.25, 0.3) is 0 Å². The summed E-state index contributed by atoms with van der Waals surface area (Å²) in [4.78, 5) is 21.2. The summed E-state index contributed by atoms with van der Waals surface area (Å²) in [6, 6.07) is 6.99. The Hall–Kier alpha value is -2.10. The third-order valence-electron chi connectivity index (χ3n) is 1.67. The topological polar surface area (TPSA) is 63.6 Å². The molecule has 1 aromatic rings. The molecule has 0 heterocycles. The van der Waals surface area contributed by atoms with Crippen LogP contribution in [0.4, 0.5) is 0 Å². The van der Waals surface area contributed by atoms with Crippen molar-refractivity contribution in [1.29, 1.82) is 0 Å². The molecule has 4 nitrogen and oxygen atoms in total. The van der Waals surface area contributed by atoms with E-state index < -0.39 is 11.9 Å². The number of hydrogen-bond acceptors (Lipinski definition) is 3. The fourth-order valence-electron chi connectivity index (χ4n) is 0.953. The second-order valence-electron chi connectivity index (χ2n) is 2.86. The minimum atomic E-state index is -1.18. The molecule has 0 spiro atoms. The first-order valence-electron chi connectivity index (χ1n) is 4.28. The van der Waals surface area contributed by atoms with E-state index in [2.05, 4.69) is 0 Å². The van der Waals surface area contributed by atoms with Gasteiger partial charge in [-0.25, -0.2) is 9.59 Å². The van der Waals surface area contributed by atoms with Crippen molar-refractivity contribution in [2.24, 2.45) is 0 Å². The van der Waals surface area contributed by atoms with Crippen molar-refractivity contribution < 1.29 is 19.4 Å². The van der Waals surface area contributed by atoms with Crippen LogP contribution in [0.15, 0.2) is 36.4 Å². The van der Waals surface area contributed by atoms with E-state index in [1.54, 1.807) is 25.1 Å². The Kier molecular flexibility index (Phi) is 3.62. The average molecular weight is 206 g/mol. The van der Waals surface area contributed by atoms with Crippen LogP contribution in [0.2, 0.25) is 0 Å². The zero-order valence-electron chi connectivity index (χ0n) is 8.14. The first-order chi connectivity index (χ1) is 7.09. The minimum Gasteiger partial charge on any atom is -0.478 e. The Bertz CT molecular complexity index is 407. The Balaban J connectivity index is 2.67. The van der Waals surface area contributed by atoms with Crippen molar-refractivity contribution in [2.75, 3.05) is 0 Å². The van der Waals surface area contributed by atoms with Crippen molar-refractivity contribution in [3.8, 4) is 5.75 Å². The molecular formula is C11H10O4. The number of hydrogen-bond donors (Lipinski definition) is 1. The Morgan fingerprint density at radius 1 is 1.27 bits per heavy atom. The maximum absolute atomic E-state index is 11.1. The molecule has 0 aliphatic carbocycles. The quantitative estimate of drug-likeness (QED) is 0.463. The molecule has 4 heteroatoms. The van der Waals surface area contributed by atoms with Gasteiger partial charge in [0.2, 0.25) is 0 Å². The lowest BCUT2D eigenvalue weighted by molar-refractivity contribution is -0.133. The number of esters is 1. The highest BCUT2D eigenvalue weighted by atomic mass is 16.5. The van der Waals surface area contributed by atoms with Crippen LogP contribution in [0.5, 0.6) is 5.75 Å². The number of carbonyl (C=O) groups is 2. The van der Waals surface area contributed by atoms with Gasteiger partial charge in [0.05, 0.1) is 0 Å². The largest absolute Gasteiger partial charge is 0.478 e. The number of carboxylic acids is 1. The predicted octanol–water partition coefficient (Wildman–Crippen LogP) is 1.54. The van der Waals surface area contributed by atoms with Crippen LogP contribution in [0.3, 0.4) is 0 Å². The summed E-state index contributed by atoms with van der Waals surface area (Å²) in [5.74, 6) is -1.46. The minimum absolute atomic E-state index is 0.428. The molecule has 0 aliphatic rings. The SMILES string of the molecule is Cc1ccccc1OC(=O)/C=C/C(=O)O. The van der Waals surface area contributed by atoms with Crippen LogP contribution in [0.25, 0.3) is 0 Å². The molecule has 0 aromatic heterocycles. The fraction of sp³-hybridized carbons (Fsp3) is 0.0909. The predicted molar refractivity (Wildman–Crippen MR) is 53.6 cm³/mol. The number of carbonyl (C=O) groups excluding carboxylic acids is 1. The summed E-state index contributed by atoms with van der Waals surface area (Å²) in [6.45, 7) is 1.80. The summed E-state index contributed by atoms with van der Waals surface area (Å²) >= 11 is 0. The van der Waals surface area contributed by atoms with Gasteiger partial charge in [-0.05, 0) is 18.6 Å². The van der Waals surface area contributed by atoms with Gasteiger partial charge in [-0.2, -0.15) is 0 Å². The highest BCUT2D eigenvalue weighted by molar-refractivity contribution is 5.91. The standard InChI is InChI=1S/C11H10O4/c1-8-4-2-3-5-9(8)15-11(14)7-6-10(12)13/h2-7H,1H3,(H,12,13)/b7-6+. The lowest BCUT2D eigenvalue weighted by Crippen LogP contribution is -2.05. The van der Waals surface area contributed by atoms with Crippen molar-refractivity contribution in [3.05, 3.63) is 42.0 Å². The van der Waals surface area contributed by atoms with Gasteiger partial charge >= 0.3 is 11.9 Å². The molecule has 1 N–H and O–H groups in total. The van der Waals surface area contributed by atoms with Gasteiger partial charge in [-0.15, -0.1) is 0 Å². The van der Waals surface area contributed by atoms with E-state index in [9.17, 15) is 9.59 Å². The van der Waals surface area contributed by atoms with Crippen LogP contribution >= 0.6 is 0 Å². The smallest absolute Gasteiger partial charge is 0.336 e. The maximum atomic E-state index is 11.1. The zero-order valence-corrected chi connectivity index (χ0v) is 8.14. The van der Waals surface area contributed by atoms with Gasteiger partial charge in [0.15, 0.2) is 0 Å². The number of aryl methyl sites for hydroxylation is 1. The Morgan fingerprint density at radius 2 is 1.93 bits per heavy atom. The third kappa shape index (κ3) is 3.64. The molecule has 0 bridgehead atoms. The van der Waals surface area contributed by atoms with Gasteiger partial charge in [-0.3, -0.25) is 0 Å². The summed E-state index contributed by atoms with van der Waals surface area (Å²) in [6.07, 6.45) is 1.61. The van der Waals surface area contributed by atoms with Crippen LogP contribution in [0, 0.1) is 6.92 Å². The Morgan fingerprint density at radius 3 is 2.53 bits per heavy atom. The molecular weight excluding hydrogens is 196 g/mol. The lowest BCUT2D eigenvalue weighted by atomic mass is 10.2. The first kappa shape index (κ1) is 11.0. The van der Waals surface area contributed by atoms with Crippen molar-refractivity contribution in [2.45, 2.75) is 6.92 Å². The third-order valence-corrected chi connectivity index (χ3v) is 1.67. The molecule has 1 aromatic carbocycles. The summed E-state index contributed by atoms with van der Waals surface area (Å²) in [5, 5.41) is 8.29. The summed E-state index contributed by atoms with van der Waals surface area (Å²) in [5.41, 5.74) is 0.814. The van der Waals surface area contributed by atoms with Gasteiger partial charge < -0.3 is 9.84 Å². The van der Waals surface area contributed by atoms with E-state index >= 15 is 0 Å². The van der Waals surface area contributed by atoms with Crippen molar-refractivity contribution in [1.82, 2.24) is 0 Å². The first-order valence-corrected chi connectivity index (χ1v) is 4.28. The van der Waals surface area contributed by atoms with Gasteiger partial charge in [0.1, 0.15) is 5.75 Å². The van der Waals surface area contributed by atoms with Gasteiger partial charge in [-0.1, -0.05) is 18.2 Å². The molecule has 0 aliphatic heterocycles.